The van der Waals surface area contributed by atoms with Gasteiger partial charge in [0.1, 0.15) is 0 Å². The number of nitrogens with one attached hydrogen (secondary N) is 2. The van der Waals surface area contributed by atoms with Crippen molar-refractivity contribution in [2.45, 2.75) is 117 Å². The molecule has 0 aromatic heterocycles. The van der Waals surface area contributed by atoms with Gasteiger partial charge < -0.3 is 10.6 Å². The van der Waals surface area contributed by atoms with E-state index in [0.717, 1.165) is 25.7 Å². The maximum Gasteiger partial charge on any atom is 0.220 e. The Balaban J connectivity index is 3.31. The lowest BCUT2D eigenvalue weighted by Crippen LogP contribution is -2.34. The van der Waals surface area contributed by atoms with Crippen LogP contribution in [0.1, 0.15) is 117 Å². The molecule has 0 aliphatic carbocycles. The van der Waals surface area contributed by atoms with Crippen LogP contribution in [0.3, 0.4) is 0 Å². The zero-order valence-electron chi connectivity index (χ0n) is 17.5. The summed E-state index contributed by atoms with van der Waals surface area (Å²) in [6.45, 7) is 5.53. The lowest BCUT2D eigenvalue weighted by Gasteiger charge is -2.07. The van der Waals surface area contributed by atoms with Crippen LogP contribution in [0.15, 0.2) is 0 Å². The third kappa shape index (κ3) is 19.3. The molecular formula is C22H44N2O2. The number of amides is 2. The highest BCUT2D eigenvalue weighted by molar-refractivity contribution is 5.77. The van der Waals surface area contributed by atoms with Crippen LogP contribution < -0.4 is 10.6 Å². The molecule has 0 aliphatic heterocycles. The van der Waals surface area contributed by atoms with Crippen molar-refractivity contribution in [2.75, 3.05) is 13.1 Å². The predicted molar refractivity (Wildman–Crippen MR) is 111 cm³/mol. The van der Waals surface area contributed by atoms with Gasteiger partial charge in [-0.3, -0.25) is 9.59 Å². The van der Waals surface area contributed by atoms with Crippen LogP contribution in [0.25, 0.3) is 0 Å². The van der Waals surface area contributed by atoms with Crippen molar-refractivity contribution in [2.24, 2.45) is 0 Å². The van der Waals surface area contributed by atoms with Gasteiger partial charge in [-0.2, -0.15) is 0 Å². The third-order valence-electron chi connectivity index (χ3n) is 4.78. The summed E-state index contributed by atoms with van der Waals surface area (Å²) < 4.78 is 0. The Hall–Kier alpha value is -1.06. The van der Waals surface area contributed by atoms with Gasteiger partial charge in [0, 0.05) is 25.9 Å². The normalized spacial score (nSPS) is 10.7. The van der Waals surface area contributed by atoms with Gasteiger partial charge in [-0.25, -0.2) is 0 Å². The van der Waals surface area contributed by atoms with E-state index in [4.69, 9.17) is 0 Å². The molecular weight excluding hydrogens is 324 g/mol. The van der Waals surface area contributed by atoms with Gasteiger partial charge in [-0.1, -0.05) is 90.9 Å². The third-order valence-corrected chi connectivity index (χ3v) is 4.78. The molecule has 4 nitrogen and oxygen atoms in total. The number of hydrogen-bond acceptors (Lipinski definition) is 2. The molecule has 0 radical (unpaired) electrons. The topological polar surface area (TPSA) is 58.2 Å². The average Bonchev–Trinajstić information content (AvgIpc) is 2.64. The van der Waals surface area contributed by atoms with Crippen LogP contribution in [0.5, 0.6) is 0 Å². The summed E-state index contributed by atoms with van der Waals surface area (Å²) in [7, 11) is 0. The van der Waals surface area contributed by atoms with Crippen LogP contribution >= 0.6 is 0 Å². The van der Waals surface area contributed by atoms with E-state index in [1.807, 2.05) is 0 Å². The summed E-state index contributed by atoms with van der Waals surface area (Å²) in [5.41, 5.74) is 0. The highest BCUT2D eigenvalue weighted by atomic mass is 16.2. The van der Waals surface area contributed by atoms with E-state index in [1.165, 1.54) is 64.2 Å². The molecule has 0 unspecified atom stereocenters. The Labute approximate surface area is 162 Å². The lowest BCUT2D eigenvalue weighted by atomic mass is 10.1. The van der Waals surface area contributed by atoms with E-state index in [1.54, 1.807) is 0 Å². The average molecular weight is 369 g/mol. The second kappa shape index (κ2) is 20.3. The molecule has 26 heavy (non-hydrogen) atoms. The maximum atomic E-state index is 11.7. The largest absolute Gasteiger partial charge is 0.354 e. The first-order valence-corrected chi connectivity index (χ1v) is 11.2. The molecule has 0 bridgehead atoms. The predicted octanol–water partition coefficient (Wildman–Crippen LogP) is 5.50. The summed E-state index contributed by atoms with van der Waals surface area (Å²) in [6.07, 6.45) is 18.4. The molecule has 0 heterocycles. The van der Waals surface area contributed by atoms with Crippen LogP contribution in [0.2, 0.25) is 0 Å². The van der Waals surface area contributed by atoms with E-state index in [9.17, 15) is 9.59 Å². The molecule has 0 aromatic carbocycles. The molecule has 4 heteroatoms. The molecule has 0 aromatic rings. The van der Waals surface area contributed by atoms with Crippen molar-refractivity contribution >= 4 is 11.8 Å². The van der Waals surface area contributed by atoms with Crippen molar-refractivity contribution in [3.05, 3.63) is 0 Å². The highest BCUT2D eigenvalue weighted by Gasteiger charge is 2.03. The smallest absolute Gasteiger partial charge is 0.220 e. The quantitative estimate of drug-likeness (QED) is 0.296. The van der Waals surface area contributed by atoms with Crippen LogP contribution in [0, 0.1) is 0 Å². The Morgan fingerprint density at radius 3 is 1.15 bits per heavy atom. The summed E-state index contributed by atoms with van der Waals surface area (Å²) in [4.78, 5) is 23.4. The monoisotopic (exact) mass is 368 g/mol. The molecule has 0 fully saturated rings. The van der Waals surface area contributed by atoms with E-state index in [-0.39, 0.29) is 11.8 Å². The summed E-state index contributed by atoms with van der Waals surface area (Å²) >= 11 is 0. The molecule has 0 saturated heterocycles. The number of carbonyl (C=O) groups is 2. The highest BCUT2D eigenvalue weighted by Crippen LogP contribution is 2.09. The molecule has 2 N–H and O–H groups in total. The Kier molecular flexibility index (Phi) is 19.4. The van der Waals surface area contributed by atoms with Crippen molar-refractivity contribution in [3.63, 3.8) is 0 Å². The summed E-state index contributed by atoms with van der Waals surface area (Å²) in [5, 5.41) is 5.78. The van der Waals surface area contributed by atoms with Gasteiger partial charge in [0.05, 0.1) is 0 Å². The van der Waals surface area contributed by atoms with Crippen LogP contribution in [0.4, 0.5) is 0 Å². The first-order chi connectivity index (χ1) is 12.7. The second-order valence-corrected chi connectivity index (χ2v) is 7.44. The fraction of sp³-hybridized carbons (Fsp3) is 0.909. The SMILES string of the molecule is CCCCCCCCCC(=O)NCCNC(=O)CCCCCCCCC. The van der Waals surface area contributed by atoms with Gasteiger partial charge in [-0.15, -0.1) is 0 Å². The Morgan fingerprint density at radius 1 is 0.500 bits per heavy atom. The van der Waals surface area contributed by atoms with Crippen LogP contribution in [-0.2, 0) is 9.59 Å². The lowest BCUT2D eigenvalue weighted by molar-refractivity contribution is -0.123. The van der Waals surface area contributed by atoms with Gasteiger partial charge in [0.25, 0.3) is 0 Å². The minimum Gasteiger partial charge on any atom is -0.354 e. The van der Waals surface area contributed by atoms with Crippen molar-refractivity contribution in [1.29, 1.82) is 0 Å². The molecule has 0 aliphatic rings. The number of unbranched alkanes of at least 4 members (excludes halogenated alkanes) is 12. The fourth-order valence-electron chi connectivity index (χ4n) is 3.07. The maximum absolute atomic E-state index is 11.7. The zero-order valence-corrected chi connectivity index (χ0v) is 17.5. The van der Waals surface area contributed by atoms with E-state index >= 15 is 0 Å². The van der Waals surface area contributed by atoms with Gasteiger partial charge >= 0.3 is 0 Å². The molecule has 2 amide bonds. The van der Waals surface area contributed by atoms with Gasteiger partial charge in [-0.05, 0) is 12.8 Å². The second-order valence-electron chi connectivity index (χ2n) is 7.44. The van der Waals surface area contributed by atoms with E-state index in [0.29, 0.717) is 25.9 Å². The summed E-state index contributed by atoms with van der Waals surface area (Å²) in [5.74, 6) is 0.222. The number of carbonyl (C=O) groups excluding carboxylic acids is 2. The van der Waals surface area contributed by atoms with Crippen molar-refractivity contribution in [3.8, 4) is 0 Å². The van der Waals surface area contributed by atoms with Crippen molar-refractivity contribution in [1.82, 2.24) is 10.6 Å². The Morgan fingerprint density at radius 2 is 0.808 bits per heavy atom. The van der Waals surface area contributed by atoms with E-state index in [2.05, 4.69) is 24.5 Å². The first-order valence-electron chi connectivity index (χ1n) is 11.2. The van der Waals surface area contributed by atoms with Crippen LogP contribution in [-0.4, -0.2) is 24.9 Å². The summed E-state index contributed by atoms with van der Waals surface area (Å²) in [6, 6.07) is 0. The fourth-order valence-corrected chi connectivity index (χ4v) is 3.07. The standard InChI is InChI=1S/C22H44N2O2/c1-3-5-7-9-11-13-15-17-21(25)23-19-20-24-22(26)18-16-14-12-10-8-6-4-2/h3-20H2,1-2H3,(H,23,25)(H,24,26). The molecule has 154 valence electrons. The first kappa shape index (κ1) is 24.9. The van der Waals surface area contributed by atoms with Crippen molar-refractivity contribution < 1.29 is 9.59 Å². The minimum atomic E-state index is 0.111. The molecule has 0 saturated carbocycles. The van der Waals surface area contributed by atoms with Gasteiger partial charge in [0.15, 0.2) is 0 Å². The molecule has 0 spiro atoms. The Bertz CT molecular complexity index is 300. The van der Waals surface area contributed by atoms with E-state index < -0.39 is 0 Å². The minimum absolute atomic E-state index is 0.111. The van der Waals surface area contributed by atoms with Gasteiger partial charge in [0.2, 0.25) is 11.8 Å². The number of hydrogen-bond donors (Lipinski definition) is 2. The zero-order chi connectivity index (χ0) is 19.3. The molecule has 0 atom stereocenters. The number of rotatable bonds is 19. The molecule has 0 rings (SSSR count).